The molecule has 188 valence electrons. The number of halogens is 1. The molecular weight excluding hydrogens is 449 g/mol. The molecule has 8 heteroatoms. The Morgan fingerprint density at radius 3 is 2.69 bits per heavy atom. The van der Waals surface area contributed by atoms with Crippen molar-refractivity contribution in [3.63, 3.8) is 0 Å². The van der Waals surface area contributed by atoms with Crippen LogP contribution in [-0.2, 0) is 23.1 Å². The molecular formula is C27H34FN3O4. The number of aliphatic hydroxyl groups is 1. The van der Waals surface area contributed by atoms with Crippen molar-refractivity contribution in [2.24, 2.45) is 7.05 Å². The summed E-state index contributed by atoms with van der Waals surface area (Å²) in [6.07, 6.45) is 1.46. The van der Waals surface area contributed by atoms with E-state index < -0.39 is 11.9 Å². The van der Waals surface area contributed by atoms with Gasteiger partial charge in [0.15, 0.2) is 11.6 Å². The zero-order valence-electron chi connectivity index (χ0n) is 20.4. The molecule has 2 atom stereocenters. The van der Waals surface area contributed by atoms with Crippen LogP contribution in [0.3, 0.4) is 0 Å². The number of hydrogen-bond donors (Lipinski definition) is 1. The van der Waals surface area contributed by atoms with Crippen LogP contribution in [0.4, 0.5) is 4.39 Å². The second-order valence-electron chi connectivity index (χ2n) is 8.80. The van der Waals surface area contributed by atoms with E-state index in [0.29, 0.717) is 32.1 Å². The summed E-state index contributed by atoms with van der Waals surface area (Å²) in [5.74, 6) is 0.160. The number of aromatic nitrogens is 2. The van der Waals surface area contributed by atoms with Crippen LogP contribution in [0.2, 0.25) is 0 Å². The normalized spacial score (nSPS) is 16.7. The fourth-order valence-electron chi connectivity index (χ4n) is 4.39. The van der Waals surface area contributed by atoms with Crippen molar-refractivity contribution in [2.45, 2.75) is 38.5 Å². The maximum absolute atomic E-state index is 14.5. The van der Waals surface area contributed by atoms with Gasteiger partial charge in [0.2, 0.25) is 5.88 Å². The Hall–Kier alpha value is -2.78. The van der Waals surface area contributed by atoms with Gasteiger partial charge in [-0.25, -0.2) is 9.07 Å². The summed E-state index contributed by atoms with van der Waals surface area (Å²) >= 11 is 0. The smallest absolute Gasteiger partial charge is 0.222 e. The Balaban J connectivity index is 1.68. The van der Waals surface area contributed by atoms with Crippen LogP contribution >= 0.6 is 0 Å². The zero-order chi connectivity index (χ0) is 24.6. The minimum absolute atomic E-state index is 0.0991. The maximum Gasteiger partial charge on any atom is 0.222 e. The van der Waals surface area contributed by atoms with Gasteiger partial charge in [-0.05, 0) is 31.9 Å². The van der Waals surface area contributed by atoms with Crippen molar-refractivity contribution in [2.75, 3.05) is 32.9 Å². The molecule has 7 nitrogen and oxygen atoms in total. The Labute approximate surface area is 206 Å². The predicted molar refractivity (Wildman–Crippen MR) is 132 cm³/mol. The van der Waals surface area contributed by atoms with Gasteiger partial charge in [0, 0.05) is 45.5 Å². The average Bonchev–Trinajstić information content (AvgIpc) is 3.48. The fourth-order valence-corrected chi connectivity index (χ4v) is 4.39. The van der Waals surface area contributed by atoms with Crippen LogP contribution in [0.1, 0.15) is 25.3 Å². The van der Waals surface area contributed by atoms with Gasteiger partial charge in [-0.3, -0.25) is 4.90 Å². The Morgan fingerprint density at radius 2 is 1.97 bits per heavy atom. The van der Waals surface area contributed by atoms with Gasteiger partial charge in [-0.1, -0.05) is 42.5 Å². The zero-order valence-corrected chi connectivity index (χ0v) is 20.4. The molecule has 1 saturated heterocycles. The first kappa shape index (κ1) is 25.3. The molecule has 1 N–H and O–H groups in total. The van der Waals surface area contributed by atoms with Crippen LogP contribution in [0.25, 0.3) is 11.3 Å². The van der Waals surface area contributed by atoms with E-state index in [2.05, 4.69) is 4.90 Å². The largest absolute Gasteiger partial charge is 0.436 e. The number of para-hydroxylation sites is 1. The second kappa shape index (κ2) is 12.3. The topological polar surface area (TPSA) is 69.0 Å². The highest BCUT2D eigenvalue weighted by molar-refractivity contribution is 5.65. The van der Waals surface area contributed by atoms with E-state index >= 15 is 0 Å². The summed E-state index contributed by atoms with van der Waals surface area (Å²) < 4.78 is 33.5. The lowest BCUT2D eigenvalue weighted by Crippen LogP contribution is -2.39. The molecule has 0 aliphatic carbocycles. The highest BCUT2D eigenvalue weighted by Crippen LogP contribution is 2.35. The molecule has 0 amide bonds. The molecule has 3 aromatic rings. The lowest BCUT2D eigenvalue weighted by atomic mass is 10.1. The molecule has 1 aliphatic rings. The quantitative estimate of drug-likeness (QED) is 0.412. The van der Waals surface area contributed by atoms with E-state index in [-0.39, 0.29) is 18.5 Å². The van der Waals surface area contributed by atoms with Crippen LogP contribution in [0, 0.1) is 5.82 Å². The molecule has 0 spiro atoms. The van der Waals surface area contributed by atoms with Crippen LogP contribution < -0.4 is 4.74 Å². The summed E-state index contributed by atoms with van der Waals surface area (Å²) in [4.78, 5) is 2.15. The third kappa shape index (κ3) is 6.67. The van der Waals surface area contributed by atoms with Crippen molar-refractivity contribution in [1.29, 1.82) is 0 Å². The van der Waals surface area contributed by atoms with Gasteiger partial charge in [0.1, 0.15) is 5.69 Å². The Bertz CT molecular complexity index is 1070. The first-order chi connectivity index (χ1) is 17.0. The maximum atomic E-state index is 14.5. The number of rotatable bonds is 12. The van der Waals surface area contributed by atoms with E-state index in [1.165, 1.54) is 6.07 Å². The Morgan fingerprint density at radius 1 is 1.20 bits per heavy atom. The number of aliphatic hydroxyl groups excluding tert-OH is 1. The minimum Gasteiger partial charge on any atom is -0.436 e. The van der Waals surface area contributed by atoms with Crippen LogP contribution in [0.15, 0.2) is 54.6 Å². The van der Waals surface area contributed by atoms with Gasteiger partial charge >= 0.3 is 0 Å². The van der Waals surface area contributed by atoms with Gasteiger partial charge in [-0.15, -0.1) is 0 Å². The number of ether oxygens (including phenoxy) is 3. The summed E-state index contributed by atoms with van der Waals surface area (Å²) in [6, 6.07) is 16.2. The molecule has 2 aromatic carbocycles. The van der Waals surface area contributed by atoms with Crippen molar-refractivity contribution in [1.82, 2.24) is 14.7 Å². The molecule has 0 saturated carbocycles. The molecule has 1 aromatic heterocycles. The number of benzene rings is 2. The first-order valence-electron chi connectivity index (χ1n) is 12.2. The van der Waals surface area contributed by atoms with Gasteiger partial charge in [0.05, 0.1) is 24.4 Å². The van der Waals surface area contributed by atoms with E-state index in [4.69, 9.17) is 19.3 Å². The molecule has 35 heavy (non-hydrogen) atoms. The molecule has 2 heterocycles. The molecule has 1 fully saturated rings. The van der Waals surface area contributed by atoms with Gasteiger partial charge in [0.25, 0.3) is 0 Å². The summed E-state index contributed by atoms with van der Waals surface area (Å²) in [5, 5.41) is 15.4. The highest BCUT2D eigenvalue weighted by atomic mass is 19.1. The third-order valence-corrected chi connectivity index (χ3v) is 6.03. The average molecular weight is 484 g/mol. The van der Waals surface area contributed by atoms with Crippen LogP contribution in [-0.4, -0.2) is 64.9 Å². The number of hydrogen-bond acceptors (Lipinski definition) is 6. The van der Waals surface area contributed by atoms with E-state index in [9.17, 15) is 9.50 Å². The molecule has 4 rings (SSSR count). The number of nitrogens with zero attached hydrogens (tertiary/aromatic N) is 3. The highest BCUT2D eigenvalue weighted by Gasteiger charge is 2.26. The summed E-state index contributed by atoms with van der Waals surface area (Å²) in [7, 11) is 1.79. The molecule has 0 radical (unpaired) electrons. The van der Waals surface area contributed by atoms with E-state index in [0.717, 1.165) is 36.3 Å². The van der Waals surface area contributed by atoms with Crippen molar-refractivity contribution in [3.05, 3.63) is 66.0 Å². The summed E-state index contributed by atoms with van der Waals surface area (Å²) in [5.41, 5.74) is 2.52. The van der Waals surface area contributed by atoms with Crippen molar-refractivity contribution >= 4 is 0 Å². The Kier molecular flexibility index (Phi) is 8.87. The molecule has 1 aliphatic heterocycles. The minimum atomic E-state index is -0.649. The predicted octanol–water partition coefficient (Wildman–Crippen LogP) is 4.40. The molecule has 0 bridgehead atoms. The number of aryl methyl sites for hydroxylation is 1. The van der Waals surface area contributed by atoms with Gasteiger partial charge < -0.3 is 19.3 Å². The lowest BCUT2D eigenvalue weighted by Gasteiger charge is -2.27. The van der Waals surface area contributed by atoms with E-state index in [1.54, 1.807) is 29.9 Å². The standard InChI is InChI=1S/C27H34FN3O4/c1-3-33-19-21(32)16-31(17-22-12-9-15-34-22)18-23-26(20-10-5-4-6-11-20)29-30(2)27(23)35-25-14-8-7-13-24(25)28/h4-8,10-11,13-14,21-22,32H,3,9,12,15-19H2,1-2H3/t21-,22-/m0/s1. The van der Waals surface area contributed by atoms with Gasteiger partial charge in [-0.2, -0.15) is 5.10 Å². The molecule has 0 unspecified atom stereocenters. The van der Waals surface area contributed by atoms with E-state index in [1.807, 2.05) is 37.3 Å². The lowest BCUT2D eigenvalue weighted by molar-refractivity contribution is 0.00505. The van der Waals surface area contributed by atoms with Crippen molar-refractivity contribution < 1.29 is 23.7 Å². The third-order valence-electron chi connectivity index (χ3n) is 6.03. The van der Waals surface area contributed by atoms with Crippen molar-refractivity contribution in [3.8, 4) is 22.9 Å². The SMILES string of the molecule is CCOC[C@@H](O)CN(Cc1c(-c2ccccc2)nn(C)c1Oc1ccccc1F)C[C@@H]1CCCO1. The second-order valence-corrected chi connectivity index (χ2v) is 8.80. The fraction of sp³-hybridized carbons (Fsp3) is 0.444. The van der Waals surface area contributed by atoms with Crippen LogP contribution in [0.5, 0.6) is 11.6 Å². The monoisotopic (exact) mass is 483 g/mol. The first-order valence-corrected chi connectivity index (χ1v) is 12.2. The summed E-state index contributed by atoms with van der Waals surface area (Å²) in [6.45, 7) is 4.98.